The van der Waals surface area contributed by atoms with Gasteiger partial charge in [0, 0.05) is 22.9 Å². The Kier molecular flexibility index (Phi) is 5.31. The van der Waals surface area contributed by atoms with Gasteiger partial charge in [-0.3, -0.25) is 0 Å². The average molecular weight is 272 g/mol. The fraction of sp³-hybridized carbons (Fsp3) is 0.133. The highest BCUT2D eigenvalue weighted by molar-refractivity contribution is 7.99. The second-order valence-corrected chi connectivity index (χ2v) is 5.08. The number of benzene rings is 2. The van der Waals surface area contributed by atoms with Crippen LogP contribution in [0.2, 0.25) is 0 Å². The molecule has 3 nitrogen and oxygen atoms in total. The number of hydrogen-bond donors (Lipinski definition) is 2. The van der Waals surface area contributed by atoms with Gasteiger partial charge in [-0.2, -0.15) is 0 Å². The first-order chi connectivity index (χ1) is 9.34. The molecule has 4 heteroatoms. The molecule has 2 amide bonds. The molecular weight excluding hydrogens is 256 g/mol. The molecule has 0 saturated carbocycles. The van der Waals surface area contributed by atoms with Crippen molar-refractivity contribution in [1.82, 2.24) is 5.32 Å². The molecule has 2 rings (SSSR count). The Morgan fingerprint density at radius 3 is 2.26 bits per heavy atom. The summed E-state index contributed by atoms with van der Waals surface area (Å²) in [5.74, 6) is 0.853. The zero-order valence-electron chi connectivity index (χ0n) is 10.5. The Morgan fingerprint density at radius 1 is 0.947 bits per heavy atom. The first-order valence-electron chi connectivity index (χ1n) is 6.12. The van der Waals surface area contributed by atoms with Crippen molar-refractivity contribution in [2.45, 2.75) is 4.90 Å². The molecule has 19 heavy (non-hydrogen) atoms. The Balaban J connectivity index is 1.65. The predicted molar refractivity (Wildman–Crippen MR) is 80.6 cm³/mol. The largest absolute Gasteiger partial charge is 0.337 e. The van der Waals surface area contributed by atoms with Gasteiger partial charge in [-0.15, -0.1) is 11.8 Å². The summed E-state index contributed by atoms with van der Waals surface area (Å²) in [6, 6.07) is 19.4. The van der Waals surface area contributed by atoms with Gasteiger partial charge in [-0.05, 0) is 24.3 Å². The highest BCUT2D eigenvalue weighted by atomic mass is 32.2. The minimum absolute atomic E-state index is 0.167. The van der Waals surface area contributed by atoms with E-state index in [0.29, 0.717) is 6.54 Å². The smallest absolute Gasteiger partial charge is 0.319 e. The van der Waals surface area contributed by atoms with E-state index in [-0.39, 0.29) is 6.03 Å². The van der Waals surface area contributed by atoms with E-state index in [0.717, 1.165) is 11.4 Å². The summed E-state index contributed by atoms with van der Waals surface area (Å²) in [6.07, 6.45) is 0. The summed E-state index contributed by atoms with van der Waals surface area (Å²) < 4.78 is 0. The van der Waals surface area contributed by atoms with Crippen LogP contribution in [0.5, 0.6) is 0 Å². The topological polar surface area (TPSA) is 41.1 Å². The average Bonchev–Trinajstić information content (AvgIpc) is 2.46. The Morgan fingerprint density at radius 2 is 1.58 bits per heavy atom. The van der Waals surface area contributed by atoms with Crippen molar-refractivity contribution in [2.24, 2.45) is 0 Å². The molecular formula is C15H16N2OS. The molecule has 0 unspecified atom stereocenters. The maximum atomic E-state index is 11.6. The van der Waals surface area contributed by atoms with Crippen LogP contribution in [0.15, 0.2) is 65.6 Å². The fourth-order valence-corrected chi connectivity index (χ4v) is 2.34. The lowest BCUT2D eigenvalue weighted by Gasteiger charge is -2.07. The third kappa shape index (κ3) is 5.06. The number of anilines is 1. The number of urea groups is 1. The van der Waals surface area contributed by atoms with E-state index in [9.17, 15) is 4.79 Å². The maximum Gasteiger partial charge on any atom is 0.319 e. The van der Waals surface area contributed by atoms with Crippen molar-refractivity contribution in [3.8, 4) is 0 Å². The van der Waals surface area contributed by atoms with Crippen molar-refractivity contribution < 1.29 is 4.79 Å². The molecule has 0 aromatic heterocycles. The standard InChI is InChI=1S/C15H16N2OS/c18-15(17-13-7-3-1-4-8-13)16-11-12-19-14-9-5-2-6-10-14/h1-10H,11-12H2,(H2,16,17,18). The van der Waals surface area contributed by atoms with Crippen molar-refractivity contribution in [3.05, 3.63) is 60.7 Å². The SMILES string of the molecule is O=C(NCCSc1ccccc1)Nc1ccccc1. The van der Waals surface area contributed by atoms with Crippen molar-refractivity contribution in [1.29, 1.82) is 0 Å². The van der Waals surface area contributed by atoms with E-state index in [4.69, 9.17) is 0 Å². The number of nitrogens with one attached hydrogen (secondary N) is 2. The lowest BCUT2D eigenvalue weighted by atomic mass is 10.3. The summed E-state index contributed by atoms with van der Waals surface area (Å²) in [4.78, 5) is 12.8. The van der Waals surface area contributed by atoms with E-state index in [2.05, 4.69) is 22.8 Å². The molecule has 0 aliphatic carbocycles. The van der Waals surface area contributed by atoms with E-state index in [1.54, 1.807) is 11.8 Å². The third-order valence-electron chi connectivity index (χ3n) is 2.43. The quantitative estimate of drug-likeness (QED) is 0.645. The zero-order valence-corrected chi connectivity index (χ0v) is 11.3. The number of para-hydroxylation sites is 1. The molecule has 2 aromatic rings. The molecule has 0 bridgehead atoms. The van der Waals surface area contributed by atoms with Crippen LogP contribution in [0.4, 0.5) is 10.5 Å². The molecule has 0 aliphatic rings. The van der Waals surface area contributed by atoms with Crippen molar-refractivity contribution in [3.63, 3.8) is 0 Å². The molecule has 0 radical (unpaired) electrons. The first kappa shape index (κ1) is 13.5. The summed E-state index contributed by atoms with van der Waals surface area (Å²) in [6.45, 7) is 0.637. The molecule has 2 N–H and O–H groups in total. The number of hydrogen-bond acceptors (Lipinski definition) is 2. The van der Waals surface area contributed by atoms with Crippen LogP contribution in [0.25, 0.3) is 0 Å². The molecule has 0 saturated heterocycles. The second kappa shape index (κ2) is 7.48. The molecule has 0 heterocycles. The third-order valence-corrected chi connectivity index (χ3v) is 3.44. The van der Waals surface area contributed by atoms with Crippen LogP contribution in [0, 0.1) is 0 Å². The van der Waals surface area contributed by atoms with E-state index in [1.807, 2.05) is 48.5 Å². The van der Waals surface area contributed by atoms with Crippen LogP contribution in [0.3, 0.4) is 0 Å². The molecule has 0 fully saturated rings. The summed E-state index contributed by atoms with van der Waals surface area (Å²) >= 11 is 1.73. The van der Waals surface area contributed by atoms with Gasteiger partial charge >= 0.3 is 6.03 Å². The number of carbonyl (C=O) groups is 1. The van der Waals surface area contributed by atoms with E-state index >= 15 is 0 Å². The Hall–Kier alpha value is -1.94. The second-order valence-electron chi connectivity index (χ2n) is 3.91. The minimum Gasteiger partial charge on any atom is -0.337 e. The monoisotopic (exact) mass is 272 g/mol. The Labute approximate surface area is 117 Å². The van der Waals surface area contributed by atoms with Gasteiger partial charge in [0.1, 0.15) is 0 Å². The van der Waals surface area contributed by atoms with Crippen LogP contribution >= 0.6 is 11.8 Å². The fourth-order valence-electron chi connectivity index (χ4n) is 1.55. The van der Waals surface area contributed by atoms with Gasteiger partial charge in [-0.1, -0.05) is 36.4 Å². The van der Waals surface area contributed by atoms with Gasteiger partial charge in [0.25, 0.3) is 0 Å². The van der Waals surface area contributed by atoms with Crippen LogP contribution in [-0.4, -0.2) is 18.3 Å². The van der Waals surface area contributed by atoms with Crippen LogP contribution in [-0.2, 0) is 0 Å². The Bertz CT molecular complexity index is 502. The summed E-state index contributed by atoms with van der Waals surface area (Å²) in [5.41, 5.74) is 0.802. The van der Waals surface area contributed by atoms with Crippen molar-refractivity contribution >= 4 is 23.5 Å². The number of thioether (sulfide) groups is 1. The molecule has 0 aliphatic heterocycles. The predicted octanol–water partition coefficient (Wildman–Crippen LogP) is 3.60. The van der Waals surface area contributed by atoms with E-state index in [1.165, 1.54) is 4.90 Å². The van der Waals surface area contributed by atoms with Gasteiger partial charge in [0.15, 0.2) is 0 Å². The highest BCUT2D eigenvalue weighted by Crippen LogP contribution is 2.15. The summed E-state index contributed by atoms with van der Waals surface area (Å²) in [5, 5.41) is 5.61. The number of rotatable bonds is 5. The molecule has 0 atom stereocenters. The highest BCUT2D eigenvalue weighted by Gasteiger charge is 2.00. The zero-order chi connectivity index (χ0) is 13.3. The normalized spacial score (nSPS) is 9.89. The van der Waals surface area contributed by atoms with Crippen LogP contribution < -0.4 is 10.6 Å². The minimum atomic E-state index is -0.167. The van der Waals surface area contributed by atoms with Crippen LogP contribution in [0.1, 0.15) is 0 Å². The van der Waals surface area contributed by atoms with Gasteiger partial charge in [0.05, 0.1) is 0 Å². The summed E-state index contributed by atoms with van der Waals surface area (Å²) in [7, 11) is 0. The van der Waals surface area contributed by atoms with Gasteiger partial charge < -0.3 is 10.6 Å². The number of carbonyl (C=O) groups excluding carboxylic acids is 1. The molecule has 0 spiro atoms. The van der Waals surface area contributed by atoms with Gasteiger partial charge in [-0.25, -0.2) is 4.79 Å². The van der Waals surface area contributed by atoms with E-state index < -0.39 is 0 Å². The van der Waals surface area contributed by atoms with Crippen molar-refractivity contribution in [2.75, 3.05) is 17.6 Å². The molecule has 2 aromatic carbocycles. The first-order valence-corrected chi connectivity index (χ1v) is 7.11. The lowest BCUT2D eigenvalue weighted by molar-refractivity contribution is 0.252. The van der Waals surface area contributed by atoms with Gasteiger partial charge in [0.2, 0.25) is 0 Å². The lowest BCUT2D eigenvalue weighted by Crippen LogP contribution is -2.30. The molecule has 98 valence electrons. The number of amides is 2. The maximum absolute atomic E-state index is 11.6.